The molecule has 20 heavy (non-hydrogen) atoms. The molecule has 0 fully saturated rings. The number of halogens is 1. The minimum absolute atomic E-state index is 0.0928. The lowest BCUT2D eigenvalue weighted by molar-refractivity contribution is 0.583. The van der Waals surface area contributed by atoms with Crippen LogP contribution in [0, 0.1) is 11.3 Å². The Hall–Kier alpha value is -1.16. The first-order valence-electron chi connectivity index (χ1n) is 6.16. The molecule has 0 saturated carbocycles. The zero-order chi connectivity index (χ0) is 14.8. The zero-order valence-electron chi connectivity index (χ0n) is 11.5. The van der Waals surface area contributed by atoms with Crippen LogP contribution in [0.1, 0.15) is 37.0 Å². The lowest BCUT2D eigenvalue weighted by atomic mass is 9.98. The highest BCUT2D eigenvalue weighted by Crippen LogP contribution is 2.28. The number of thiazole rings is 1. The third-order valence-corrected chi connectivity index (χ3v) is 5.12. The van der Waals surface area contributed by atoms with E-state index in [0.717, 1.165) is 22.1 Å². The smallest absolute Gasteiger partial charge is 0.162 e. The summed E-state index contributed by atoms with van der Waals surface area (Å²) in [6.07, 6.45) is 0.812. The third kappa shape index (κ3) is 3.48. The van der Waals surface area contributed by atoms with Crippen molar-refractivity contribution in [2.24, 2.45) is 0 Å². The Morgan fingerprint density at radius 1 is 1.45 bits per heavy atom. The molecule has 0 saturated heterocycles. The second-order valence-electron chi connectivity index (χ2n) is 5.36. The molecule has 2 aromatic rings. The summed E-state index contributed by atoms with van der Waals surface area (Å²) < 4.78 is 3.96. The molecule has 0 aromatic carbocycles. The van der Waals surface area contributed by atoms with Gasteiger partial charge in [-0.15, -0.1) is 11.3 Å². The van der Waals surface area contributed by atoms with Gasteiger partial charge in [0.15, 0.2) is 5.15 Å². The number of nitrogens with one attached hydrogen (secondary N) is 1. The lowest BCUT2D eigenvalue weighted by Gasteiger charge is -2.13. The first-order valence-corrected chi connectivity index (χ1v) is 8.19. The molecule has 1 N–H and O–H groups in total. The van der Waals surface area contributed by atoms with Crippen molar-refractivity contribution in [2.75, 3.05) is 11.9 Å². The van der Waals surface area contributed by atoms with E-state index in [9.17, 15) is 0 Å². The minimum atomic E-state index is 0.0928. The van der Waals surface area contributed by atoms with Crippen LogP contribution in [0.15, 0.2) is 5.38 Å². The number of aromatic nitrogens is 2. The number of nitrogens with zero attached hydrogens (tertiary/aromatic N) is 3. The Morgan fingerprint density at radius 3 is 2.80 bits per heavy atom. The van der Waals surface area contributed by atoms with Crippen molar-refractivity contribution in [1.29, 1.82) is 5.26 Å². The van der Waals surface area contributed by atoms with Gasteiger partial charge in [-0.25, -0.2) is 4.98 Å². The number of nitriles is 1. The molecule has 0 aliphatic rings. The summed E-state index contributed by atoms with van der Waals surface area (Å²) >= 11 is 8.73. The van der Waals surface area contributed by atoms with Crippen LogP contribution in [0.3, 0.4) is 0 Å². The number of anilines is 1. The van der Waals surface area contributed by atoms with Gasteiger partial charge in [-0.05, 0) is 11.5 Å². The molecule has 0 unspecified atom stereocenters. The van der Waals surface area contributed by atoms with Crippen LogP contribution in [0.2, 0.25) is 5.15 Å². The second kappa shape index (κ2) is 6.08. The fraction of sp³-hybridized carbons (Fsp3) is 0.462. The van der Waals surface area contributed by atoms with Gasteiger partial charge in [0, 0.05) is 23.8 Å². The second-order valence-corrected chi connectivity index (χ2v) is 7.35. The van der Waals surface area contributed by atoms with Crippen molar-refractivity contribution >= 4 is 39.5 Å². The van der Waals surface area contributed by atoms with E-state index in [1.54, 1.807) is 11.3 Å². The summed E-state index contributed by atoms with van der Waals surface area (Å²) in [6.45, 7) is 7.19. The van der Waals surface area contributed by atoms with E-state index in [2.05, 4.69) is 46.9 Å². The van der Waals surface area contributed by atoms with Crippen LogP contribution < -0.4 is 5.32 Å². The Balaban J connectivity index is 1.93. The van der Waals surface area contributed by atoms with Crippen LogP contribution >= 0.6 is 34.5 Å². The van der Waals surface area contributed by atoms with Gasteiger partial charge in [0.05, 0.1) is 10.7 Å². The maximum Gasteiger partial charge on any atom is 0.162 e. The molecule has 0 aliphatic carbocycles. The van der Waals surface area contributed by atoms with Crippen LogP contribution in [-0.2, 0) is 11.8 Å². The predicted molar refractivity (Wildman–Crippen MR) is 84.8 cm³/mol. The van der Waals surface area contributed by atoms with Gasteiger partial charge in [-0.1, -0.05) is 32.4 Å². The van der Waals surface area contributed by atoms with Crippen LogP contribution in [0.5, 0.6) is 0 Å². The van der Waals surface area contributed by atoms with Crippen molar-refractivity contribution in [3.05, 3.63) is 26.8 Å². The molecule has 0 spiro atoms. The van der Waals surface area contributed by atoms with Crippen LogP contribution in [-0.4, -0.2) is 15.9 Å². The maximum absolute atomic E-state index is 8.98. The van der Waals surface area contributed by atoms with Gasteiger partial charge in [0.25, 0.3) is 0 Å². The highest BCUT2D eigenvalue weighted by molar-refractivity contribution is 7.10. The summed E-state index contributed by atoms with van der Waals surface area (Å²) in [6, 6.07) is 2.06. The highest BCUT2D eigenvalue weighted by Gasteiger charge is 2.18. The first kappa shape index (κ1) is 15.2. The number of hydrogen-bond acceptors (Lipinski definition) is 6. The Kier molecular flexibility index (Phi) is 4.63. The van der Waals surface area contributed by atoms with Crippen LogP contribution in [0.25, 0.3) is 0 Å². The summed E-state index contributed by atoms with van der Waals surface area (Å²) in [5.74, 6) is 0. The van der Waals surface area contributed by atoms with Crippen molar-refractivity contribution in [1.82, 2.24) is 9.36 Å². The molecular weight excluding hydrogens is 312 g/mol. The summed E-state index contributed by atoms with van der Waals surface area (Å²) in [7, 11) is 0. The minimum Gasteiger partial charge on any atom is -0.374 e. The van der Waals surface area contributed by atoms with E-state index in [0.29, 0.717) is 12.1 Å². The van der Waals surface area contributed by atoms with E-state index < -0.39 is 0 Å². The number of hydrogen-bond donors (Lipinski definition) is 1. The Labute approximate surface area is 131 Å². The van der Waals surface area contributed by atoms with E-state index in [1.165, 1.54) is 11.5 Å². The molecule has 0 radical (unpaired) electrons. The molecule has 0 amide bonds. The predicted octanol–water partition coefficient (Wildman–Crippen LogP) is 4.08. The fourth-order valence-corrected chi connectivity index (χ4v) is 3.46. The van der Waals surface area contributed by atoms with Crippen molar-refractivity contribution in [3.8, 4) is 6.07 Å². The molecule has 0 atom stereocenters. The van der Waals surface area contributed by atoms with Crippen molar-refractivity contribution in [3.63, 3.8) is 0 Å². The molecule has 7 heteroatoms. The van der Waals surface area contributed by atoms with Gasteiger partial charge in [-0.2, -0.15) is 9.64 Å². The maximum atomic E-state index is 8.98. The summed E-state index contributed by atoms with van der Waals surface area (Å²) in [4.78, 5) is 4.64. The average molecular weight is 327 g/mol. The topological polar surface area (TPSA) is 61.6 Å². The normalized spacial score (nSPS) is 11.3. The SMILES string of the molecule is CC(C)(C)c1nc(CCNc2snc(Cl)c2C#N)cs1. The lowest BCUT2D eigenvalue weighted by Crippen LogP contribution is -2.11. The van der Waals surface area contributed by atoms with E-state index in [4.69, 9.17) is 16.9 Å². The molecule has 2 rings (SSSR count). The highest BCUT2D eigenvalue weighted by atomic mass is 35.5. The van der Waals surface area contributed by atoms with Gasteiger partial charge in [0.2, 0.25) is 0 Å². The molecule has 0 aliphatic heterocycles. The quantitative estimate of drug-likeness (QED) is 0.919. The van der Waals surface area contributed by atoms with E-state index >= 15 is 0 Å². The van der Waals surface area contributed by atoms with Gasteiger partial charge in [-0.3, -0.25) is 0 Å². The zero-order valence-corrected chi connectivity index (χ0v) is 13.9. The van der Waals surface area contributed by atoms with Gasteiger partial charge in [0.1, 0.15) is 16.6 Å². The van der Waals surface area contributed by atoms with Crippen LogP contribution in [0.4, 0.5) is 5.00 Å². The van der Waals surface area contributed by atoms with E-state index in [-0.39, 0.29) is 10.6 Å². The average Bonchev–Trinajstić information content (AvgIpc) is 2.96. The monoisotopic (exact) mass is 326 g/mol. The molecule has 2 aromatic heterocycles. The van der Waals surface area contributed by atoms with E-state index in [1.807, 2.05) is 0 Å². The fourth-order valence-electron chi connectivity index (χ4n) is 1.56. The summed E-state index contributed by atoms with van der Waals surface area (Å²) in [5, 5.41) is 16.4. The third-order valence-electron chi connectivity index (χ3n) is 2.62. The Bertz CT molecular complexity index is 634. The molecule has 106 valence electrons. The largest absolute Gasteiger partial charge is 0.374 e. The van der Waals surface area contributed by atoms with Gasteiger partial charge >= 0.3 is 0 Å². The molecule has 4 nitrogen and oxygen atoms in total. The number of rotatable bonds is 4. The summed E-state index contributed by atoms with van der Waals surface area (Å²) in [5.41, 5.74) is 1.59. The van der Waals surface area contributed by atoms with Crippen molar-refractivity contribution < 1.29 is 0 Å². The molecular formula is C13H15ClN4S2. The van der Waals surface area contributed by atoms with Gasteiger partial charge < -0.3 is 5.32 Å². The van der Waals surface area contributed by atoms with Crippen molar-refractivity contribution in [2.45, 2.75) is 32.6 Å². The molecule has 0 bridgehead atoms. The first-order chi connectivity index (χ1) is 9.41. The molecule has 2 heterocycles. The Morgan fingerprint density at radius 2 is 2.20 bits per heavy atom. The standard InChI is InChI=1S/C13H15ClN4S2/c1-13(2,3)12-17-8(7-19-12)4-5-16-11-9(6-15)10(14)18-20-11/h7,16H,4-5H2,1-3H3.